The van der Waals surface area contributed by atoms with Gasteiger partial charge in [0, 0.05) is 12.1 Å². The van der Waals surface area contributed by atoms with Crippen LogP contribution in [0.4, 0.5) is 5.69 Å². The Balaban J connectivity index is 3.20. The average molecular weight is 287 g/mol. The molecule has 0 saturated heterocycles. The van der Waals surface area contributed by atoms with Crippen LogP contribution < -0.4 is 0 Å². The summed E-state index contributed by atoms with van der Waals surface area (Å²) in [5.74, 6) is -1.09. The molecule has 1 aromatic carbocycles. The molecular weight excluding hydrogens is 274 g/mol. The number of aliphatic hydroxyl groups is 2. The van der Waals surface area contributed by atoms with Crippen LogP contribution in [0.15, 0.2) is 18.2 Å². The number of rotatable bonds is 6. The highest BCUT2D eigenvalue weighted by molar-refractivity contribution is 7.80. The molecule has 0 aliphatic heterocycles. The lowest BCUT2D eigenvalue weighted by molar-refractivity contribution is -0.384. The van der Waals surface area contributed by atoms with E-state index in [9.17, 15) is 25.1 Å². The van der Waals surface area contributed by atoms with Gasteiger partial charge in [-0.3, -0.25) is 10.1 Å². The number of aliphatic hydroxyl groups excluding tert-OH is 2. The number of hydrogen-bond donors (Lipinski definition) is 4. The van der Waals surface area contributed by atoms with Crippen LogP contribution in [0.5, 0.6) is 0 Å². The van der Waals surface area contributed by atoms with Gasteiger partial charge >= 0.3 is 5.97 Å². The van der Waals surface area contributed by atoms with E-state index in [4.69, 9.17) is 5.11 Å². The Kier molecular flexibility index (Phi) is 5.28. The molecule has 0 radical (unpaired) electrons. The van der Waals surface area contributed by atoms with Gasteiger partial charge in [0.25, 0.3) is 5.69 Å². The second kappa shape index (κ2) is 6.50. The molecule has 0 aliphatic carbocycles. The summed E-state index contributed by atoms with van der Waals surface area (Å²) in [5, 5.41) is 39.1. The SMILES string of the molecule is O=C(O)c1cc([N+](=O)[O-])ccc1C(O)C(O)CCS. The number of aromatic carboxylic acids is 1. The zero-order chi connectivity index (χ0) is 14.6. The maximum Gasteiger partial charge on any atom is 0.336 e. The molecular formula is C11H13NO6S. The Bertz CT molecular complexity index is 492. The van der Waals surface area contributed by atoms with Crippen LogP contribution in [0.2, 0.25) is 0 Å². The van der Waals surface area contributed by atoms with E-state index in [1.165, 1.54) is 0 Å². The lowest BCUT2D eigenvalue weighted by Gasteiger charge is -2.18. The van der Waals surface area contributed by atoms with Gasteiger partial charge in [-0.05, 0) is 23.8 Å². The predicted molar refractivity (Wildman–Crippen MR) is 69.5 cm³/mol. The van der Waals surface area contributed by atoms with Crippen molar-refractivity contribution >= 4 is 24.3 Å². The summed E-state index contributed by atoms with van der Waals surface area (Å²) in [5.41, 5.74) is -0.857. The summed E-state index contributed by atoms with van der Waals surface area (Å²) >= 11 is 3.90. The number of carboxylic acids is 1. The van der Waals surface area contributed by atoms with E-state index in [2.05, 4.69) is 12.6 Å². The second-order valence-corrected chi connectivity index (χ2v) is 4.31. The highest BCUT2D eigenvalue weighted by Gasteiger charge is 2.25. The molecule has 0 spiro atoms. The van der Waals surface area contributed by atoms with Crippen molar-refractivity contribution in [1.82, 2.24) is 0 Å². The van der Waals surface area contributed by atoms with Crippen molar-refractivity contribution < 1.29 is 25.0 Å². The molecule has 0 saturated carbocycles. The number of hydrogen-bond acceptors (Lipinski definition) is 6. The topological polar surface area (TPSA) is 121 Å². The molecule has 3 N–H and O–H groups in total. The van der Waals surface area contributed by atoms with E-state index < -0.39 is 34.4 Å². The number of carbonyl (C=O) groups is 1. The van der Waals surface area contributed by atoms with Crippen molar-refractivity contribution in [2.24, 2.45) is 0 Å². The van der Waals surface area contributed by atoms with Crippen LogP contribution in [-0.2, 0) is 0 Å². The van der Waals surface area contributed by atoms with Crippen molar-refractivity contribution in [2.45, 2.75) is 18.6 Å². The van der Waals surface area contributed by atoms with Crippen LogP contribution in [0.3, 0.4) is 0 Å². The summed E-state index contributed by atoms with van der Waals surface area (Å²) in [6, 6.07) is 3.07. The van der Waals surface area contributed by atoms with Crippen molar-refractivity contribution in [1.29, 1.82) is 0 Å². The van der Waals surface area contributed by atoms with E-state index in [0.717, 1.165) is 18.2 Å². The molecule has 2 atom stereocenters. The van der Waals surface area contributed by atoms with Crippen molar-refractivity contribution in [3.05, 3.63) is 39.4 Å². The third-order valence-corrected chi connectivity index (χ3v) is 2.84. The summed E-state index contributed by atoms with van der Waals surface area (Å²) in [7, 11) is 0. The second-order valence-electron chi connectivity index (χ2n) is 3.86. The zero-order valence-electron chi connectivity index (χ0n) is 9.76. The van der Waals surface area contributed by atoms with Crippen LogP contribution in [0, 0.1) is 10.1 Å². The molecule has 2 unspecified atom stereocenters. The van der Waals surface area contributed by atoms with Gasteiger partial charge in [0.2, 0.25) is 0 Å². The average Bonchev–Trinajstić information content (AvgIpc) is 2.37. The van der Waals surface area contributed by atoms with Gasteiger partial charge in [0.1, 0.15) is 6.10 Å². The van der Waals surface area contributed by atoms with Gasteiger partial charge in [0.15, 0.2) is 0 Å². The molecule has 0 aliphatic rings. The van der Waals surface area contributed by atoms with Gasteiger partial charge in [-0.1, -0.05) is 0 Å². The minimum Gasteiger partial charge on any atom is -0.478 e. The molecule has 0 heterocycles. The summed E-state index contributed by atoms with van der Waals surface area (Å²) in [4.78, 5) is 20.9. The van der Waals surface area contributed by atoms with Gasteiger partial charge in [-0.25, -0.2) is 4.79 Å². The molecule has 1 aromatic rings. The third kappa shape index (κ3) is 3.66. The molecule has 19 heavy (non-hydrogen) atoms. The van der Waals surface area contributed by atoms with Gasteiger partial charge in [-0.2, -0.15) is 12.6 Å². The Morgan fingerprint density at radius 3 is 2.53 bits per heavy atom. The van der Waals surface area contributed by atoms with Gasteiger partial charge < -0.3 is 15.3 Å². The lowest BCUT2D eigenvalue weighted by Crippen LogP contribution is -2.21. The first-order valence-electron chi connectivity index (χ1n) is 5.37. The van der Waals surface area contributed by atoms with Gasteiger partial charge in [0.05, 0.1) is 16.6 Å². The number of non-ortho nitro benzene ring substituents is 1. The van der Waals surface area contributed by atoms with Crippen molar-refractivity contribution in [3.8, 4) is 0 Å². The number of nitrogens with zero attached hydrogens (tertiary/aromatic N) is 1. The first-order chi connectivity index (χ1) is 8.88. The first-order valence-corrected chi connectivity index (χ1v) is 6.00. The Morgan fingerprint density at radius 1 is 1.42 bits per heavy atom. The highest BCUT2D eigenvalue weighted by atomic mass is 32.1. The standard InChI is InChI=1S/C11H13NO6S/c13-9(3-4-19)10(14)7-2-1-6(12(17)18)5-8(7)11(15)16/h1-2,5,9-10,13-14,19H,3-4H2,(H,15,16). The number of benzene rings is 1. The molecule has 0 fully saturated rings. The smallest absolute Gasteiger partial charge is 0.336 e. The summed E-state index contributed by atoms with van der Waals surface area (Å²) in [6.07, 6.45) is -2.45. The monoisotopic (exact) mass is 287 g/mol. The van der Waals surface area contributed by atoms with E-state index in [1.54, 1.807) is 0 Å². The van der Waals surface area contributed by atoms with Crippen molar-refractivity contribution in [2.75, 3.05) is 5.75 Å². The molecule has 7 nitrogen and oxygen atoms in total. The van der Waals surface area contributed by atoms with E-state index in [-0.39, 0.29) is 12.0 Å². The van der Waals surface area contributed by atoms with Crippen LogP contribution >= 0.6 is 12.6 Å². The van der Waals surface area contributed by atoms with Crippen molar-refractivity contribution in [3.63, 3.8) is 0 Å². The fourth-order valence-electron chi connectivity index (χ4n) is 1.60. The number of nitro benzene ring substituents is 1. The molecule has 0 bridgehead atoms. The molecule has 1 rings (SSSR count). The molecule has 0 aromatic heterocycles. The molecule has 104 valence electrons. The summed E-state index contributed by atoms with van der Waals surface area (Å²) < 4.78 is 0. The third-order valence-electron chi connectivity index (χ3n) is 2.59. The van der Waals surface area contributed by atoms with E-state index in [1.807, 2.05) is 0 Å². The maximum atomic E-state index is 11.1. The molecule has 8 heteroatoms. The Hall–Kier alpha value is -1.64. The first kappa shape index (κ1) is 15.4. The van der Waals surface area contributed by atoms with Crippen LogP contribution in [0.25, 0.3) is 0 Å². The number of nitro groups is 1. The summed E-state index contributed by atoms with van der Waals surface area (Å²) in [6.45, 7) is 0. The predicted octanol–water partition coefficient (Wildman–Crippen LogP) is 1.01. The fourth-order valence-corrected chi connectivity index (χ4v) is 1.86. The number of carboxylic acid groups (broad SMARTS) is 1. The lowest BCUT2D eigenvalue weighted by atomic mass is 9.97. The normalized spacial score (nSPS) is 13.8. The number of thiol groups is 1. The van der Waals surface area contributed by atoms with Crippen LogP contribution in [-0.4, -0.2) is 38.1 Å². The minimum atomic E-state index is -1.43. The highest BCUT2D eigenvalue weighted by Crippen LogP contribution is 2.26. The largest absolute Gasteiger partial charge is 0.478 e. The minimum absolute atomic E-state index is 0.0626. The van der Waals surface area contributed by atoms with Gasteiger partial charge in [-0.15, -0.1) is 0 Å². The maximum absolute atomic E-state index is 11.1. The van der Waals surface area contributed by atoms with Crippen LogP contribution in [0.1, 0.15) is 28.4 Å². The quantitative estimate of drug-likeness (QED) is 0.352. The Labute approximate surface area is 114 Å². The van der Waals surface area contributed by atoms with E-state index >= 15 is 0 Å². The fraction of sp³-hybridized carbons (Fsp3) is 0.364. The molecule has 0 amide bonds. The zero-order valence-corrected chi connectivity index (χ0v) is 10.7. The Morgan fingerprint density at radius 2 is 2.05 bits per heavy atom. The van der Waals surface area contributed by atoms with E-state index in [0.29, 0.717) is 5.75 Å².